The molecule has 0 amide bonds. The zero-order chi connectivity index (χ0) is 11.4. The lowest BCUT2D eigenvalue weighted by molar-refractivity contribution is -0.162. The molecule has 0 radical (unpaired) electrons. The maximum Gasteiger partial charge on any atom is 0.336 e. The lowest BCUT2D eigenvalue weighted by Gasteiger charge is -2.23. The van der Waals surface area contributed by atoms with E-state index in [1.54, 1.807) is 6.92 Å². The minimum atomic E-state index is -3.20. The fourth-order valence-electron chi connectivity index (χ4n) is 3.11. The average Bonchev–Trinajstić information content (AvgIpc) is 2.53. The Hall–Kier alpha value is -0.620. The number of sulfone groups is 1. The summed E-state index contributed by atoms with van der Waals surface area (Å²) in [6.07, 6.45) is 0.303. The molecule has 2 aliphatic rings. The van der Waals surface area contributed by atoms with Gasteiger partial charge in [0, 0.05) is 5.92 Å². The van der Waals surface area contributed by atoms with Crippen molar-refractivity contribution in [2.24, 2.45) is 11.8 Å². The molecule has 1 aliphatic carbocycles. The third-order valence-electron chi connectivity index (χ3n) is 3.70. The van der Waals surface area contributed by atoms with Crippen molar-refractivity contribution in [3.63, 3.8) is 0 Å². The standard InChI is InChI=1S/C9H14O5S/c1-5-4-9(12,8(10)11)6-2-3-15(13,14)7(5)6/h5-7,12H,2-4H2,1H3,(H,10,11)/t5-,6+,7+,9-/m1/s1. The second kappa shape index (κ2) is 2.95. The van der Waals surface area contributed by atoms with Crippen LogP contribution in [-0.4, -0.2) is 41.2 Å². The highest BCUT2D eigenvalue weighted by Crippen LogP contribution is 2.49. The van der Waals surface area contributed by atoms with Gasteiger partial charge in [-0.15, -0.1) is 0 Å². The third-order valence-corrected chi connectivity index (χ3v) is 6.13. The Morgan fingerprint density at radius 2 is 2.07 bits per heavy atom. The molecule has 0 spiro atoms. The van der Waals surface area contributed by atoms with Crippen molar-refractivity contribution in [3.8, 4) is 0 Å². The van der Waals surface area contributed by atoms with Crippen molar-refractivity contribution in [1.29, 1.82) is 0 Å². The zero-order valence-corrected chi connectivity index (χ0v) is 9.20. The van der Waals surface area contributed by atoms with Gasteiger partial charge in [0.1, 0.15) is 0 Å². The summed E-state index contributed by atoms with van der Waals surface area (Å²) in [6.45, 7) is 1.70. The van der Waals surface area contributed by atoms with Crippen molar-refractivity contribution in [3.05, 3.63) is 0 Å². The Morgan fingerprint density at radius 3 is 2.60 bits per heavy atom. The fourth-order valence-corrected chi connectivity index (χ4v) is 5.63. The highest BCUT2D eigenvalue weighted by Gasteiger charge is 2.62. The quantitative estimate of drug-likeness (QED) is 0.646. The van der Waals surface area contributed by atoms with Crippen LogP contribution in [0.4, 0.5) is 0 Å². The van der Waals surface area contributed by atoms with Crippen molar-refractivity contribution < 1.29 is 23.4 Å². The van der Waals surface area contributed by atoms with Gasteiger partial charge in [-0.25, -0.2) is 13.2 Å². The predicted octanol–water partition coefficient (Wildman–Crippen LogP) is -0.355. The first-order valence-electron chi connectivity index (χ1n) is 4.96. The molecule has 0 bridgehead atoms. The topological polar surface area (TPSA) is 91.7 Å². The van der Waals surface area contributed by atoms with Crippen LogP contribution in [0.15, 0.2) is 0 Å². The molecule has 0 aromatic rings. The summed E-state index contributed by atoms with van der Waals surface area (Å²) in [5, 5.41) is 18.3. The van der Waals surface area contributed by atoms with Crippen LogP contribution in [0.2, 0.25) is 0 Å². The minimum absolute atomic E-state index is 0.00225. The number of hydrogen-bond acceptors (Lipinski definition) is 4. The average molecular weight is 234 g/mol. The molecule has 0 aromatic carbocycles. The van der Waals surface area contributed by atoms with E-state index in [2.05, 4.69) is 0 Å². The molecule has 0 unspecified atom stereocenters. The highest BCUT2D eigenvalue weighted by atomic mass is 32.2. The van der Waals surface area contributed by atoms with Crippen LogP contribution in [0.3, 0.4) is 0 Å². The first kappa shape index (κ1) is 10.9. The summed E-state index contributed by atoms with van der Waals surface area (Å²) >= 11 is 0. The summed E-state index contributed by atoms with van der Waals surface area (Å²) < 4.78 is 23.3. The molecule has 1 saturated heterocycles. The first-order valence-corrected chi connectivity index (χ1v) is 6.68. The Balaban J connectivity index is 2.44. The predicted molar refractivity (Wildman–Crippen MR) is 52.0 cm³/mol. The number of fused-ring (bicyclic) bond motifs is 1. The molecule has 6 heteroatoms. The Kier molecular flexibility index (Phi) is 2.14. The fraction of sp³-hybridized carbons (Fsp3) is 0.889. The number of aliphatic hydroxyl groups is 1. The van der Waals surface area contributed by atoms with Crippen molar-refractivity contribution in [1.82, 2.24) is 0 Å². The van der Waals surface area contributed by atoms with E-state index in [1.807, 2.05) is 0 Å². The molecule has 5 nitrogen and oxygen atoms in total. The first-order chi connectivity index (χ1) is 6.79. The highest BCUT2D eigenvalue weighted by molar-refractivity contribution is 7.92. The summed E-state index contributed by atoms with van der Waals surface area (Å²) in [5.74, 6) is -2.19. The maximum absolute atomic E-state index is 11.7. The zero-order valence-electron chi connectivity index (χ0n) is 8.38. The van der Waals surface area contributed by atoms with Crippen LogP contribution in [0, 0.1) is 11.8 Å². The molecule has 1 saturated carbocycles. The van der Waals surface area contributed by atoms with Gasteiger partial charge in [0.05, 0.1) is 11.0 Å². The largest absolute Gasteiger partial charge is 0.479 e. The van der Waals surface area contributed by atoms with Crippen LogP contribution in [0.1, 0.15) is 19.8 Å². The SMILES string of the molecule is C[C@@H]1C[C@](O)(C(=O)O)[C@H]2CCS(=O)(=O)[C@@H]12. The van der Waals surface area contributed by atoms with E-state index >= 15 is 0 Å². The van der Waals surface area contributed by atoms with Crippen LogP contribution in [-0.2, 0) is 14.6 Å². The number of rotatable bonds is 1. The van der Waals surface area contributed by atoms with Crippen LogP contribution in [0.25, 0.3) is 0 Å². The van der Waals surface area contributed by atoms with E-state index in [4.69, 9.17) is 5.11 Å². The third kappa shape index (κ3) is 1.31. The Labute approximate surface area is 88.0 Å². The van der Waals surface area contributed by atoms with E-state index in [0.717, 1.165) is 0 Å². The van der Waals surface area contributed by atoms with E-state index < -0.39 is 32.6 Å². The van der Waals surface area contributed by atoms with Crippen LogP contribution < -0.4 is 0 Å². The van der Waals surface area contributed by atoms with Crippen molar-refractivity contribution >= 4 is 15.8 Å². The molecule has 15 heavy (non-hydrogen) atoms. The van der Waals surface area contributed by atoms with E-state index in [0.29, 0.717) is 0 Å². The van der Waals surface area contributed by atoms with Gasteiger partial charge in [0.2, 0.25) is 0 Å². The number of aliphatic carboxylic acids is 1. The number of carbonyl (C=O) groups is 1. The lowest BCUT2D eigenvalue weighted by atomic mass is 9.89. The van der Waals surface area contributed by atoms with Crippen molar-refractivity contribution in [2.75, 3.05) is 5.75 Å². The molecule has 4 atom stereocenters. The Bertz CT molecular complexity index is 401. The Morgan fingerprint density at radius 1 is 1.47 bits per heavy atom. The van der Waals surface area contributed by atoms with Gasteiger partial charge in [-0.2, -0.15) is 0 Å². The van der Waals surface area contributed by atoms with Gasteiger partial charge >= 0.3 is 5.97 Å². The van der Waals surface area contributed by atoms with Gasteiger partial charge < -0.3 is 10.2 Å². The molecular formula is C9H14O5S. The van der Waals surface area contributed by atoms with Crippen molar-refractivity contribution in [2.45, 2.75) is 30.6 Å². The van der Waals surface area contributed by atoms with E-state index in [1.165, 1.54) is 0 Å². The number of hydrogen-bond donors (Lipinski definition) is 2. The van der Waals surface area contributed by atoms with Gasteiger partial charge in [0.15, 0.2) is 15.4 Å². The number of carboxylic acid groups (broad SMARTS) is 1. The summed E-state index contributed by atoms with van der Waals surface area (Å²) in [7, 11) is -3.20. The second-order valence-electron chi connectivity index (χ2n) is 4.64. The molecule has 2 rings (SSSR count). The van der Waals surface area contributed by atoms with Gasteiger partial charge in [0.25, 0.3) is 0 Å². The second-order valence-corrected chi connectivity index (χ2v) is 6.92. The monoisotopic (exact) mass is 234 g/mol. The summed E-state index contributed by atoms with van der Waals surface area (Å²) in [6, 6.07) is 0. The summed E-state index contributed by atoms with van der Waals surface area (Å²) in [4.78, 5) is 11.0. The molecular weight excluding hydrogens is 220 g/mol. The molecule has 2 N–H and O–H groups in total. The van der Waals surface area contributed by atoms with Crippen LogP contribution in [0.5, 0.6) is 0 Å². The van der Waals surface area contributed by atoms with E-state index in [9.17, 15) is 18.3 Å². The van der Waals surface area contributed by atoms with E-state index in [-0.39, 0.29) is 24.5 Å². The van der Waals surface area contributed by atoms with Gasteiger partial charge in [-0.1, -0.05) is 6.92 Å². The van der Waals surface area contributed by atoms with Crippen LogP contribution >= 0.6 is 0 Å². The number of carboxylic acids is 1. The molecule has 86 valence electrons. The van der Waals surface area contributed by atoms with Gasteiger partial charge in [-0.3, -0.25) is 0 Å². The summed E-state index contributed by atoms with van der Waals surface area (Å²) in [5.41, 5.74) is -1.84. The molecule has 2 fully saturated rings. The normalized spacial score (nSPS) is 47.7. The molecule has 1 aliphatic heterocycles. The maximum atomic E-state index is 11.7. The molecule has 1 heterocycles. The molecule has 0 aromatic heterocycles. The minimum Gasteiger partial charge on any atom is -0.479 e. The smallest absolute Gasteiger partial charge is 0.336 e. The van der Waals surface area contributed by atoms with Gasteiger partial charge in [-0.05, 0) is 18.8 Å². The lowest BCUT2D eigenvalue weighted by Crippen LogP contribution is -2.43.